The highest BCUT2D eigenvalue weighted by Crippen LogP contribution is 2.20. The normalized spacial score (nSPS) is 9.27. The van der Waals surface area contributed by atoms with E-state index in [1.807, 2.05) is 18.2 Å². The number of Topliss-reactive ketones (excluding diaryl/α,β-unsaturated/α-hetero) is 1. The summed E-state index contributed by atoms with van der Waals surface area (Å²) in [5, 5.41) is 0. The molecule has 1 rings (SSSR count). The van der Waals surface area contributed by atoms with E-state index < -0.39 is 0 Å². The Bertz CT molecular complexity index is 429. The first kappa shape index (κ1) is 12.7. The Morgan fingerprint density at radius 1 is 1.53 bits per heavy atom. The van der Waals surface area contributed by atoms with Crippen LogP contribution in [0.4, 0.5) is 0 Å². The van der Waals surface area contributed by atoms with Crippen molar-refractivity contribution in [3.8, 4) is 11.8 Å². The van der Waals surface area contributed by atoms with Crippen LogP contribution in [0.3, 0.4) is 0 Å². The molecular formula is C12H10BrIO. The molecular weight excluding hydrogens is 367 g/mol. The summed E-state index contributed by atoms with van der Waals surface area (Å²) in [7, 11) is 0. The van der Waals surface area contributed by atoms with Gasteiger partial charge >= 0.3 is 0 Å². The summed E-state index contributed by atoms with van der Waals surface area (Å²) in [4.78, 5) is 11.8. The predicted octanol–water partition coefficient (Wildman–Crippen LogP) is 4.04. The average Bonchev–Trinajstić information content (AvgIpc) is 2.22. The smallest absolute Gasteiger partial charge is 0.164 e. The van der Waals surface area contributed by atoms with Crippen LogP contribution in [-0.2, 0) is 0 Å². The van der Waals surface area contributed by atoms with E-state index in [-0.39, 0.29) is 5.78 Å². The van der Waals surface area contributed by atoms with E-state index in [1.165, 1.54) is 0 Å². The molecule has 15 heavy (non-hydrogen) atoms. The maximum Gasteiger partial charge on any atom is 0.164 e. The number of halogens is 2. The fourth-order valence-electron chi connectivity index (χ4n) is 1.15. The van der Waals surface area contributed by atoms with Gasteiger partial charge in [-0.1, -0.05) is 15.9 Å². The fraction of sp³-hybridized carbons (Fsp3) is 0.250. The zero-order valence-corrected chi connectivity index (χ0v) is 12.1. The monoisotopic (exact) mass is 376 g/mol. The van der Waals surface area contributed by atoms with Gasteiger partial charge in [-0.05, 0) is 47.7 Å². The van der Waals surface area contributed by atoms with Gasteiger partial charge in [0.15, 0.2) is 5.78 Å². The summed E-state index contributed by atoms with van der Waals surface area (Å²) in [6.45, 7) is 1.79. The average molecular weight is 377 g/mol. The van der Waals surface area contributed by atoms with Gasteiger partial charge in [-0.15, -0.1) is 11.8 Å². The lowest BCUT2D eigenvalue weighted by atomic mass is 10.1. The minimum Gasteiger partial charge on any atom is -0.294 e. The Morgan fingerprint density at radius 2 is 2.27 bits per heavy atom. The fourth-order valence-corrected chi connectivity index (χ4v) is 2.14. The van der Waals surface area contributed by atoms with Gasteiger partial charge in [-0.25, -0.2) is 0 Å². The quantitative estimate of drug-likeness (QED) is 0.442. The molecule has 0 heterocycles. The molecule has 78 valence electrons. The first-order chi connectivity index (χ1) is 7.15. The zero-order chi connectivity index (χ0) is 11.3. The summed E-state index contributed by atoms with van der Waals surface area (Å²) < 4.78 is 1.93. The summed E-state index contributed by atoms with van der Waals surface area (Å²) in [6.07, 6.45) is 1.13. The molecule has 3 heteroatoms. The highest BCUT2D eigenvalue weighted by Gasteiger charge is 2.09. The standard InChI is InChI=1S/C12H10BrIO/c1-2-3-4-5-12(15)10-8-9(13)6-7-11(10)14/h6-8H,4-5H2,1H3. The molecule has 1 aromatic carbocycles. The van der Waals surface area contributed by atoms with E-state index in [9.17, 15) is 4.79 Å². The summed E-state index contributed by atoms with van der Waals surface area (Å²) in [5.41, 5.74) is 0.780. The third-order valence-electron chi connectivity index (χ3n) is 1.88. The highest BCUT2D eigenvalue weighted by molar-refractivity contribution is 14.1. The minimum atomic E-state index is 0.156. The largest absolute Gasteiger partial charge is 0.294 e. The van der Waals surface area contributed by atoms with Gasteiger partial charge in [-0.3, -0.25) is 4.79 Å². The molecule has 0 unspecified atom stereocenters. The molecule has 0 N–H and O–H groups in total. The number of carbonyl (C=O) groups excluding carboxylic acids is 1. The zero-order valence-electron chi connectivity index (χ0n) is 8.31. The third-order valence-corrected chi connectivity index (χ3v) is 3.32. The Hall–Kier alpha value is -0.340. The van der Waals surface area contributed by atoms with E-state index in [0.29, 0.717) is 12.8 Å². The van der Waals surface area contributed by atoms with Crippen molar-refractivity contribution in [2.45, 2.75) is 19.8 Å². The second kappa shape index (κ2) is 6.29. The van der Waals surface area contributed by atoms with Gasteiger partial charge in [0.25, 0.3) is 0 Å². The van der Waals surface area contributed by atoms with Crippen LogP contribution in [0.15, 0.2) is 22.7 Å². The van der Waals surface area contributed by atoms with Crippen molar-refractivity contribution in [2.75, 3.05) is 0 Å². The molecule has 0 amide bonds. The van der Waals surface area contributed by atoms with Crippen LogP contribution < -0.4 is 0 Å². The van der Waals surface area contributed by atoms with E-state index in [0.717, 1.165) is 13.6 Å². The lowest BCUT2D eigenvalue weighted by molar-refractivity contribution is 0.0983. The van der Waals surface area contributed by atoms with Crippen LogP contribution in [0, 0.1) is 15.4 Å². The summed E-state index contributed by atoms with van der Waals surface area (Å²) in [5.74, 6) is 5.84. The molecule has 0 radical (unpaired) electrons. The highest BCUT2D eigenvalue weighted by atomic mass is 127. The molecule has 0 atom stereocenters. The van der Waals surface area contributed by atoms with Crippen LogP contribution >= 0.6 is 38.5 Å². The third kappa shape index (κ3) is 3.96. The molecule has 1 aromatic rings. The topological polar surface area (TPSA) is 17.1 Å². The van der Waals surface area contributed by atoms with Crippen molar-refractivity contribution in [1.82, 2.24) is 0 Å². The SMILES string of the molecule is CC#CCCC(=O)c1cc(Br)ccc1I. The number of ketones is 1. The van der Waals surface area contributed by atoms with Crippen molar-refractivity contribution in [1.29, 1.82) is 0 Å². The van der Waals surface area contributed by atoms with Gasteiger partial charge in [-0.2, -0.15) is 0 Å². The molecule has 1 nitrogen and oxygen atoms in total. The molecule has 0 aliphatic carbocycles. The van der Waals surface area contributed by atoms with Gasteiger partial charge in [0.1, 0.15) is 0 Å². The Kier molecular flexibility index (Phi) is 5.34. The van der Waals surface area contributed by atoms with Crippen molar-refractivity contribution < 1.29 is 4.79 Å². The molecule has 0 aromatic heterocycles. The van der Waals surface area contributed by atoms with Gasteiger partial charge in [0, 0.05) is 26.4 Å². The van der Waals surface area contributed by atoms with Gasteiger partial charge in [0.2, 0.25) is 0 Å². The van der Waals surface area contributed by atoms with E-state index >= 15 is 0 Å². The van der Waals surface area contributed by atoms with Crippen molar-refractivity contribution in [2.24, 2.45) is 0 Å². The van der Waals surface area contributed by atoms with Crippen molar-refractivity contribution in [3.63, 3.8) is 0 Å². The molecule has 0 spiro atoms. The van der Waals surface area contributed by atoms with Crippen LogP contribution in [0.1, 0.15) is 30.1 Å². The Morgan fingerprint density at radius 3 is 2.93 bits per heavy atom. The van der Waals surface area contributed by atoms with Gasteiger partial charge < -0.3 is 0 Å². The molecule has 0 fully saturated rings. The maximum atomic E-state index is 11.8. The maximum absolute atomic E-state index is 11.8. The van der Waals surface area contributed by atoms with Crippen molar-refractivity contribution >= 4 is 44.3 Å². The Balaban J connectivity index is 2.80. The molecule has 0 saturated carbocycles. The lowest BCUT2D eigenvalue weighted by Gasteiger charge is -2.02. The van der Waals surface area contributed by atoms with E-state index in [2.05, 4.69) is 50.4 Å². The first-order valence-electron chi connectivity index (χ1n) is 4.53. The Labute approximate surface area is 112 Å². The predicted molar refractivity (Wildman–Crippen MR) is 73.9 cm³/mol. The number of benzene rings is 1. The summed E-state index contributed by atoms with van der Waals surface area (Å²) >= 11 is 5.54. The minimum absolute atomic E-state index is 0.156. The van der Waals surface area contributed by atoms with E-state index in [4.69, 9.17) is 0 Å². The number of carbonyl (C=O) groups is 1. The number of hydrogen-bond donors (Lipinski definition) is 0. The van der Waals surface area contributed by atoms with Crippen LogP contribution in [-0.4, -0.2) is 5.78 Å². The second-order valence-corrected chi connectivity index (χ2v) is 5.05. The van der Waals surface area contributed by atoms with Gasteiger partial charge in [0.05, 0.1) is 0 Å². The summed E-state index contributed by atoms with van der Waals surface area (Å²) in [6, 6.07) is 5.73. The molecule has 0 saturated heterocycles. The van der Waals surface area contributed by atoms with Crippen LogP contribution in [0.25, 0.3) is 0 Å². The van der Waals surface area contributed by atoms with E-state index in [1.54, 1.807) is 6.92 Å². The van der Waals surface area contributed by atoms with Crippen molar-refractivity contribution in [3.05, 3.63) is 31.8 Å². The molecule has 0 aliphatic rings. The molecule has 0 bridgehead atoms. The van der Waals surface area contributed by atoms with Crippen LogP contribution in [0.2, 0.25) is 0 Å². The number of rotatable bonds is 3. The second-order valence-electron chi connectivity index (χ2n) is 2.97. The lowest BCUT2D eigenvalue weighted by Crippen LogP contribution is -2.01. The first-order valence-corrected chi connectivity index (χ1v) is 6.40. The van der Waals surface area contributed by atoms with Crippen LogP contribution in [0.5, 0.6) is 0 Å². The molecule has 0 aliphatic heterocycles. The number of hydrogen-bond acceptors (Lipinski definition) is 1.